The molecule has 0 fully saturated rings. The largest absolute Gasteiger partial charge is 0.480 e. The average Bonchev–Trinajstić information content (AvgIpc) is 2.61. The van der Waals surface area contributed by atoms with Crippen LogP contribution in [0.3, 0.4) is 0 Å². The molecule has 2 rings (SSSR count). The van der Waals surface area contributed by atoms with E-state index in [0.29, 0.717) is 10.6 Å². The number of carbonyl (C=O) groups excluding carboxylic acids is 1. The Labute approximate surface area is 159 Å². The van der Waals surface area contributed by atoms with Gasteiger partial charge < -0.3 is 15.2 Å². The molecule has 0 aliphatic rings. The minimum absolute atomic E-state index is 0.0438. The van der Waals surface area contributed by atoms with E-state index in [9.17, 15) is 19.1 Å². The summed E-state index contributed by atoms with van der Waals surface area (Å²) in [4.78, 5) is 23.1. The van der Waals surface area contributed by atoms with E-state index in [0.717, 1.165) is 5.56 Å². The van der Waals surface area contributed by atoms with Crippen molar-refractivity contribution >= 4 is 35.4 Å². The first-order valence-corrected chi connectivity index (χ1v) is 9.20. The second kappa shape index (κ2) is 10.0. The lowest BCUT2D eigenvalue weighted by Crippen LogP contribution is -2.42. The summed E-state index contributed by atoms with van der Waals surface area (Å²) in [5.74, 6) is -1.32. The zero-order valence-corrected chi connectivity index (χ0v) is 15.2. The highest BCUT2D eigenvalue weighted by Gasteiger charge is 2.21. The number of aliphatic carboxylic acids is 1. The molecule has 2 aromatic rings. The predicted octanol–water partition coefficient (Wildman–Crippen LogP) is 4.09. The molecule has 1 amide bonds. The monoisotopic (exact) mass is 397 g/mol. The van der Waals surface area contributed by atoms with Crippen molar-refractivity contribution in [3.8, 4) is 0 Å². The summed E-state index contributed by atoms with van der Waals surface area (Å²) in [5, 5.41) is 11.8. The molecule has 1 atom stereocenters. The molecule has 2 N–H and O–H groups in total. The normalized spacial score (nSPS) is 11.6. The van der Waals surface area contributed by atoms with Crippen LogP contribution in [-0.4, -0.2) is 29.0 Å². The summed E-state index contributed by atoms with van der Waals surface area (Å²) in [6, 6.07) is 12.2. The number of thioether (sulfide) groups is 1. The molecule has 26 heavy (non-hydrogen) atoms. The molecule has 0 bridgehead atoms. The van der Waals surface area contributed by atoms with Gasteiger partial charge in [0.05, 0.1) is 0 Å². The van der Waals surface area contributed by atoms with Crippen LogP contribution >= 0.6 is 23.4 Å². The molecule has 2 aromatic carbocycles. The highest BCUT2D eigenvalue weighted by Crippen LogP contribution is 2.20. The van der Waals surface area contributed by atoms with Crippen molar-refractivity contribution in [2.45, 2.75) is 18.4 Å². The highest BCUT2D eigenvalue weighted by atomic mass is 35.5. The molecule has 0 aromatic heterocycles. The van der Waals surface area contributed by atoms with Crippen molar-refractivity contribution in [1.82, 2.24) is 5.32 Å². The van der Waals surface area contributed by atoms with Crippen molar-refractivity contribution < 1.29 is 23.8 Å². The number of benzene rings is 2. The number of amides is 1. The van der Waals surface area contributed by atoms with Gasteiger partial charge in [0, 0.05) is 16.5 Å². The van der Waals surface area contributed by atoms with Gasteiger partial charge in [0.2, 0.25) is 0 Å². The molecule has 0 radical (unpaired) electrons. The number of rotatable bonds is 8. The number of carbonyl (C=O) groups is 2. The summed E-state index contributed by atoms with van der Waals surface area (Å²) in [6.45, 7) is 0.0438. The number of carboxylic acid groups (broad SMARTS) is 1. The third-order valence-corrected chi connectivity index (χ3v) is 4.68. The lowest BCUT2D eigenvalue weighted by Gasteiger charge is -2.14. The number of hydrogen-bond acceptors (Lipinski definition) is 4. The van der Waals surface area contributed by atoms with Gasteiger partial charge in [0.1, 0.15) is 18.5 Å². The van der Waals surface area contributed by atoms with Gasteiger partial charge in [-0.05, 0) is 23.3 Å². The second-order valence-corrected chi connectivity index (χ2v) is 6.81. The Bertz CT molecular complexity index is 760. The fourth-order valence-electron chi connectivity index (χ4n) is 2.01. The van der Waals surface area contributed by atoms with Gasteiger partial charge in [0.15, 0.2) is 0 Å². The Kier molecular flexibility index (Phi) is 7.74. The van der Waals surface area contributed by atoms with Crippen LogP contribution in [0.2, 0.25) is 5.02 Å². The fourth-order valence-corrected chi connectivity index (χ4v) is 3.20. The minimum Gasteiger partial charge on any atom is -0.480 e. The molecule has 8 heteroatoms. The molecule has 0 heterocycles. The molecule has 5 nitrogen and oxygen atoms in total. The van der Waals surface area contributed by atoms with E-state index in [-0.39, 0.29) is 18.1 Å². The van der Waals surface area contributed by atoms with Crippen LogP contribution in [0.4, 0.5) is 9.18 Å². The van der Waals surface area contributed by atoms with Gasteiger partial charge in [-0.25, -0.2) is 14.0 Å². The Balaban J connectivity index is 1.80. The number of alkyl carbamates (subject to hydrolysis) is 1. The topological polar surface area (TPSA) is 75.6 Å². The second-order valence-electron chi connectivity index (χ2n) is 5.35. The van der Waals surface area contributed by atoms with Crippen molar-refractivity contribution in [3.63, 3.8) is 0 Å². The van der Waals surface area contributed by atoms with Crippen LogP contribution in [0.15, 0.2) is 48.5 Å². The maximum Gasteiger partial charge on any atom is 0.408 e. The van der Waals surface area contributed by atoms with Gasteiger partial charge in [-0.3, -0.25) is 0 Å². The zero-order valence-electron chi connectivity index (χ0n) is 13.7. The summed E-state index contributed by atoms with van der Waals surface area (Å²) < 4.78 is 18.7. The molecule has 0 spiro atoms. The minimum atomic E-state index is -1.19. The van der Waals surface area contributed by atoms with Gasteiger partial charge in [-0.15, -0.1) is 0 Å². The molecule has 0 saturated carbocycles. The third-order valence-electron chi connectivity index (χ3n) is 3.36. The SMILES string of the molecule is O=C(NC(CSCc1ccc(Cl)cc1F)C(=O)O)OCc1ccccc1. The first-order valence-electron chi connectivity index (χ1n) is 7.67. The highest BCUT2D eigenvalue weighted by molar-refractivity contribution is 7.98. The Morgan fingerprint density at radius 2 is 1.96 bits per heavy atom. The van der Waals surface area contributed by atoms with Gasteiger partial charge >= 0.3 is 12.1 Å². The van der Waals surface area contributed by atoms with Gasteiger partial charge in [-0.2, -0.15) is 11.8 Å². The van der Waals surface area contributed by atoms with Crippen LogP contribution in [-0.2, 0) is 21.9 Å². The molecule has 0 aliphatic carbocycles. The van der Waals surface area contributed by atoms with Crippen molar-refractivity contribution in [2.24, 2.45) is 0 Å². The quantitative estimate of drug-likeness (QED) is 0.701. The summed E-state index contributed by atoms with van der Waals surface area (Å²) in [7, 11) is 0. The zero-order chi connectivity index (χ0) is 18.9. The van der Waals surface area contributed by atoms with E-state index < -0.39 is 23.9 Å². The Hall–Kier alpha value is -2.25. The van der Waals surface area contributed by atoms with E-state index in [1.165, 1.54) is 17.8 Å². The van der Waals surface area contributed by atoms with Crippen molar-refractivity contribution in [2.75, 3.05) is 5.75 Å². The summed E-state index contributed by atoms with van der Waals surface area (Å²) in [6.07, 6.45) is -0.820. The lowest BCUT2D eigenvalue weighted by atomic mass is 10.2. The molecule has 0 saturated heterocycles. The van der Waals surface area contributed by atoms with E-state index in [4.69, 9.17) is 16.3 Å². The molecule has 1 unspecified atom stereocenters. The van der Waals surface area contributed by atoms with Gasteiger partial charge in [-0.1, -0.05) is 48.0 Å². The Morgan fingerprint density at radius 1 is 1.23 bits per heavy atom. The Morgan fingerprint density at radius 3 is 2.62 bits per heavy atom. The van der Waals surface area contributed by atoms with Crippen LogP contribution in [0, 0.1) is 5.82 Å². The number of halogens is 2. The smallest absolute Gasteiger partial charge is 0.408 e. The number of carboxylic acids is 1. The van der Waals surface area contributed by atoms with Gasteiger partial charge in [0.25, 0.3) is 0 Å². The first-order chi connectivity index (χ1) is 12.5. The number of ether oxygens (including phenoxy) is 1. The maximum atomic E-state index is 13.7. The van der Waals surface area contributed by atoms with Crippen LogP contribution < -0.4 is 5.32 Å². The maximum absolute atomic E-state index is 13.7. The van der Waals surface area contributed by atoms with E-state index >= 15 is 0 Å². The van der Waals surface area contributed by atoms with E-state index in [2.05, 4.69) is 5.32 Å². The first kappa shape index (κ1) is 20.1. The lowest BCUT2D eigenvalue weighted by molar-refractivity contribution is -0.138. The van der Waals surface area contributed by atoms with Crippen LogP contribution in [0.5, 0.6) is 0 Å². The van der Waals surface area contributed by atoms with Crippen molar-refractivity contribution in [3.05, 3.63) is 70.5 Å². The van der Waals surface area contributed by atoms with Crippen LogP contribution in [0.1, 0.15) is 11.1 Å². The molecule has 138 valence electrons. The number of hydrogen-bond donors (Lipinski definition) is 2. The predicted molar refractivity (Wildman–Crippen MR) is 98.8 cm³/mol. The third kappa shape index (κ3) is 6.57. The number of nitrogens with one attached hydrogen (secondary N) is 1. The summed E-state index contributed by atoms with van der Waals surface area (Å²) in [5.41, 5.74) is 1.21. The summed E-state index contributed by atoms with van der Waals surface area (Å²) >= 11 is 6.87. The molecule has 0 aliphatic heterocycles. The standard InChI is InChI=1S/C18H17ClFNO4S/c19-14-7-6-13(15(20)8-14)10-26-11-16(17(22)23)21-18(24)25-9-12-4-2-1-3-5-12/h1-8,16H,9-11H2,(H,21,24)(H,22,23). The molecular weight excluding hydrogens is 381 g/mol. The van der Waals surface area contributed by atoms with Crippen LogP contribution in [0.25, 0.3) is 0 Å². The fraction of sp³-hybridized carbons (Fsp3) is 0.222. The van der Waals surface area contributed by atoms with Crippen molar-refractivity contribution in [1.29, 1.82) is 0 Å². The van der Waals surface area contributed by atoms with E-state index in [1.54, 1.807) is 24.3 Å². The van der Waals surface area contributed by atoms with E-state index in [1.807, 2.05) is 18.2 Å². The average molecular weight is 398 g/mol. The molecular formula is C18H17ClFNO4S.